The van der Waals surface area contributed by atoms with Crippen LogP contribution in [0.5, 0.6) is 0 Å². The van der Waals surface area contributed by atoms with Crippen LogP contribution in [0.1, 0.15) is 12.6 Å². The lowest BCUT2D eigenvalue weighted by molar-refractivity contribution is -0.113. The molecular formula is C13H14FN5O3. The largest absolute Gasteiger partial charge is 0.393 e. The van der Waals surface area contributed by atoms with Crippen molar-refractivity contribution in [1.82, 2.24) is 14.6 Å². The summed E-state index contributed by atoms with van der Waals surface area (Å²) >= 11 is 0. The van der Waals surface area contributed by atoms with Gasteiger partial charge in [-0.15, -0.1) is 0 Å². The molecule has 8 nitrogen and oxygen atoms in total. The molecule has 1 aliphatic rings. The lowest BCUT2D eigenvalue weighted by Gasteiger charge is -2.36. The van der Waals surface area contributed by atoms with Gasteiger partial charge in [-0.2, -0.15) is 10.4 Å². The van der Waals surface area contributed by atoms with E-state index in [2.05, 4.69) is 10.1 Å². The molecule has 0 radical (unpaired) electrons. The number of nitriles is 1. The van der Waals surface area contributed by atoms with Crippen molar-refractivity contribution < 1.29 is 19.3 Å². The van der Waals surface area contributed by atoms with E-state index in [0.717, 1.165) is 6.92 Å². The van der Waals surface area contributed by atoms with Gasteiger partial charge in [-0.25, -0.2) is 13.9 Å². The average molecular weight is 307 g/mol. The van der Waals surface area contributed by atoms with Crippen LogP contribution in [0.3, 0.4) is 0 Å². The van der Waals surface area contributed by atoms with E-state index in [1.807, 2.05) is 0 Å². The maximum absolute atomic E-state index is 15.3. The summed E-state index contributed by atoms with van der Waals surface area (Å²) in [5.41, 5.74) is -0.751. The second kappa shape index (κ2) is 4.36. The summed E-state index contributed by atoms with van der Waals surface area (Å²) in [7, 11) is 0. The number of nitrogens with two attached hydrogens (primary N) is 1. The van der Waals surface area contributed by atoms with Crippen LogP contribution in [0.2, 0.25) is 0 Å². The zero-order valence-electron chi connectivity index (χ0n) is 11.7. The van der Waals surface area contributed by atoms with E-state index in [9.17, 15) is 15.5 Å². The van der Waals surface area contributed by atoms with Crippen molar-refractivity contribution in [2.75, 3.05) is 18.9 Å². The van der Waals surface area contributed by atoms with Gasteiger partial charge in [0.2, 0.25) is 5.60 Å². The summed E-state index contributed by atoms with van der Waals surface area (Å²) in [5, 5.41) is 33.1. The van der Waals surface area contributed by atoms with Crippen LogP contribution >= 0.6 is 0 Å². The molecule has 0 bridgehead atoms. The van der Waals surface area contributed by atoms with Crippen molar-refractivity contribution in [1.29, 1.82) is 5.26 Å². The first-order chi connectivity index (χ1) is 10.3. The first-order valence-corrected chi connectivity index (χ1v) is 6.49. The number of nitrogens with zero attached hydrogens (tertiary/aromatic N) is 4. The normalized spacial score (nSPS) is 34.9. The number of hydrogen-bond donors (Lipinski definition) is 3. The highest BCUT2D eigenvalue weighted by Crippen LogP contribution is 2.51. The smallest absolute Gasteiger partial charge is 0.233 e. The van der Waals surface area contributed by atoms with Gasteiger partial charge in [-0.1, -0.05) is 0 Å². The third kappa shape index (κ3) is 1.49. The standard InChI is InChI=1S/C13H14FN5O3/c1-11(14)12(21,5-20)6-22-13(11,4-15)9-3-2-8-10(16)17-7-18-19(8)9/h2-3,7,20-21H,5-6H2,1H3,(H2,16,17,18)/t11-,12-,13+/m1/s1. The van der Waals surface area contributed by atoms with Crippen LogP contribution in [0.15, 0.2) is 18.5 Å². The molecule has 2 aromatic rings. The van der Waals surface area contributed by atoms with E-state index >= 15 is 4.39 Å². The third-order valence-corrected chi connectivity index (χ3v) is 4.32. The number of ether oxygens (including phenoxy) is 1. The average Bonchev–Trinajstić information content (AvgIpc) is 3.01. The van der Waals surface area contributed by atoms with Crippen LogP contribution in [-0.2, 0) is 10.3 Å². The van der Waals surface area contributed by atoms with E-state index in [1.54, 1.807) is 6.07 Å². The predicted molar refractivity (Wildman–Crippen MR) is 72.2 cm³/mol. The second-order valence-corrected chi connectivity index (χ2v) is 5.44. The fourth-order valence-electron chi connectivity index (χ4n) is 2.75. The Hall–Kier alpha value is -2.28. The molecule has 3 atom stereocenters. The maximum atomic E-state index is 15.3. The number of anilines is 1. The molecule has 22 heavy (non-hydrogen) atoms. The van der Waals surface area contributed by atoms with Crippen LogP contribution < -0.4 is 5.73 Å². The molecule has 0 unspecified atom stereocenters. The van der Waals surface area contributed by atoms with E-state index in [0.29, 0.717) is 5.52 Å². The second-order valence-electron chi connectivity index (χ2n) is 5.44. The third-order valence-electron chi connectivity index (χ3n) is 4.32. The fourth-order valence-corrected chi connectivity index (χ4v) is 2.75. The topological polar surface area (TPSA) is 130 Å². The quantitative estimate of drug-likeness (QED) is 0.682. The number of fused-ring (bicyclic) bond motifs is 1. The first-order valence-electron chi connectivity index (χ1n) is 6.49. The molecule has 9 heteroatoms. The van der Waals surface area contributed by atoms with E-state index in [4.69, 9.17) is 10.5 Å². The highest BCUT2D eigenvalue weighted by molar-refractivity contribution is 5.66. The Morgan fingerprint density at radius 2 is 2.32 bits per heavy atom. The highest BCUT2D eigenvalue weighted by Gasteiger charge is 2.70. The molecule has 0 amide bonds. The SMILES string of the molecule is C[C@@]1(F)[C@@](O)(CO)CO[C@@]1(C#N)c1ccc2c(N)ncnn12. The van der Waals surface area contributed by atoms with E-state index in [-0.39, 0.29) is 11.5 Å². The van der Waals surface area contributed by atoms with Crippen LogP contribution in [0.4, 0.5) is 10.2 Å². The van der Waals surface area contributed by atoms with E-state index < -0.39 is 30.1 Å². The summed E-state index contributed by atoms with van der Waals surface area (Å²) in [6, 6.07) is 4.74. The number of nitrogen functional groups attached to an aromatic ring is 1. The number of rotatable bonds is 2. The minimum atomic E-state index is -2.57. The predicted octanol–water partition coefficient (Wildman–Crippen LogP) is -0.488. The minimum Gasteiger partial charge on any atom is -0.393 e. The van der Waals surface area contributed by atoms with Crippen molar-refractivity contribution in [3.05, 3.63) is 24.2 Å². The van der Waals surface area contributed by atoms with Gasteiger partial charge in [-0.05, 0) is 19.1 Å². The van der Waals surface area contributed by atoms with Crippen molar-refractivity contribution in [3.8, 4) is 6.07 Å². The van der Waals surface area contributed by atoms with Crippen LogP contribution in [0, 0.1) is 11.3 Å². The minimum absolute atomic E-state index is 0.0634. The summed E-state index contributed by atoms with van der Waals surface area (Å²) in [5.74, 6) is 0.158. The van der Waals surface area contributed by atoms with Crippen molar-refractivity contribution in [2.24, 2.45) is 0 Å². The number of hydrogen-bond acceptors (Lipinski definition) is 7. The van der Waals surface area contributed by atoms with Gasteiger partial charge in [0.1, 0.15) is 23.5 Å². The number of alkyl halides is 1. The molecule has 0 aliphatic carbocycles. The summed E-state index contributed by atoms with van der Waals surface area (Å²) in [4.78, 5) is 3.82. The lowest BCUT2D eigenvalue weighted by Crippen LogP contribution is -2.57. The lowest BCUT2D eigenvalue weighted by atomic mass is 9.76. The first kappa shape index (κ1) is 14.6. The van der Waals surface area contributed by atoms with Crippen molar-refractivity contribution in [3.63, 3.8) is 0 Å². The summed E-state index contributed by atoms with van der Waals surface area (Å²) < 4.78 is 21.9. The number of aromatic nitrogens is 3. The van der Waals surface area contributed by atoms with Gasteiger partial charge >= 0.3 is 0 Å². The molecule has 3 heterocycles. The molecule has 0 aromatic carbocycles. The Kier molecular flexibility index (Phi) is 2.90. The summed E-state index contributed by atoms with van der Waals surface area (Å²) in [6.45, 7) is -0.398. The zero-order chi connectivity index (χ0) is 16.2. The zero-order valence-corrected chi connectivity index (χ0v) is 11.7. The van der Waals surface area contributed by atoms with Gasteiger partial charge in [0.05, 0.1) is 18.9 Å². The molecule has 2 aromatic heterocycles. The van der Waals surface area contributed by atoms with Crippen molar-refractivity contribution >= 4 is 11.3 Å². The maximum Gasteiger partial charge on any atom is 0.233 e. The summed E-state index contributed by atoms with van der Waals surface area (Å²) in [6.07, 6.45) is 1.17. The molecule has 1 saturated heterocycles. The molecule has 116 valence electrons. The van der Waals surface area contributed by atoms with Gasteiger partial charge in [0, 0.05) is 0 Å². The molecular weight excluding hydrogens is 293 g/mol. The van der Waals surface area contributed by atoms with E-state index in [1.165, 1.54) is 23.0 Å². The van der Waals surface area contributed by atoms with Crippen LogP contribution in [0.25, 0.3) is 5.52 Å². The fraction of sp³-hybridized carbons (Fsp3) is 0.462. The highest BCUT2D eigenvalue weighted by atomic mass is 19.1. The molecule has 0 saturated carbocycles. The van der Waals surface area contributed by atoms with Gasteiger partial charge in [0.15, 0.2) is 11.5 Å². The van der Waals surface area contributed by atoms with Gasteiger partial charge in [-0.3, -0.25) is 0 Å². The Labute approximate surface area is 124 Å². The number of aliphatic hydroxyl groups excluding tert-OH is 1. The molecule has 1 aliphatic heterocycles. The monoisotopic (exact) mass is 307 g/mol. The number of halogens is 1. The molecule has 3 rings (SSSR count). The Balaban J connectivity index is 2.28. The van der Waals surface area contributed by atoms with Gasteiger partial charge in [0.25, 0.3) is 0 Å². The van der Waals surface area contributed by atoms with Gasteiger partial charge < -0.3 is 20.7 Å². The molecule has 4 N–H and O–H groups in total. The number of aliphatic hydroxyl groups is 2. The molecule has 0 spiro atoms. The van der Waals surface area contributed by atoms with Crippen LogP contribution in [-0.4, -0.2) is 49.3 Å². The Bertz CT molecular complexity index is 786. The van der Waals surface area contributed by atoms with Crippen molar-refractivity contribution in [2.45, 2.75) is 23.8 Å². The molecule has 1 fully saturated rings. The Morgan fingerprint density at radius 1 is 1.59 bits per heavy atom. The Morgan fingerprint density at radius 3 is 2.91 bits per heavy atom.